The first-order valence-corrected chi connectivity index (χ1v) is 6.44. The van der Waals surface area contributed by atoms with Crippen molar-refractivity contribution in [2.75, 3.05) is 24.6 Å². The van der Waals surface area contributed by atoms with Crippen LogP contribution in [0.3, 0.4) is 0 Å². The summed E-state index contributed by atoms with van der Waals surface area (Å²) in [4.78, 5) is 11.1. The lowest BCUT2D eigenvalue weighted by molar-refractivity contribution is -0.117. The molecule has 76 valence electrons. The van der Waals surface area contributed by atoms with Gasteiger partial charge in [0.05, 0.1) is 9.73 Å². The van der Waals surface area contributed by atoms with Crippen LogP contribution in [-0.2, 0) is 14.5 Å². The number of rotatable bonds is 1. The molecule has 6 heteroatoms. The Kier molecular flexibility index (Phi) is 3.70. The Morgan fingerprint density at radius 1 is 1.54 bits per heavy atom. The lowest BCUT2D eigenvalue weighted by Gasteiger charge is -2.16. The minimum atomic E-state index is -2.31. The van der Waals surface area contributed by atoms with E-state index in [9.17, 15) is 9.00 Å². The van der Waals surface area contributed by atoms with Crippen molar-refractivity contribution in [1.29, 1.82) is 0 Å². The van der Waals surface area contributed by atoms with E-state index in [0.29, 0.717) is 24.6 Å². The Morgan fingerprint density at radius 2 is 2.08 bits per heavy atom. The van der Waals surface area contributed by atoms with Gasteiger partial charge in [-0.05, 0) is 6.92 Å². The standard InChI is InChI=1S/C7H13ClN2O2S/c1-6(8)7(11)10-13(12)4-2-9-3-5-13/h6,9H,2-5H2,1H3. The second-order valence-electron chi connectivity index (χ2n) is 2.98. The van der Waals surface area contributed by atoms with Gasteiger partial charge >= 0.3 is 0 Å². The van der Waals surface area contributed by atoms with Crippen LogP contribution < -0.4 is 5.32 Å². The Labute approximate surface area is 83.2 Å². The number of halogens is 1. The number of carbonyl (C=O) groups excluding carboxylic acids is 1. The summed E-state index contributed by atoms with van der Waals surface area (Å²) in [5, 5.41) is 2.39. The van der Waals surface area contributed by atoms with Gasteiger partial charge in [0.25, 0.3) is 5.91 Å². The summed E-state index contributed by atoms with van der Waals surface area (Å²) in [5.74, 6) is 0.429. The van der Waals surface area contributed by atoms with Gasteiger partial charge in [0.15, 0.2) is 0 Å². The molecule has 0 spiro atoms. The number of nitrogens with zero attached hydrogens (tertiary/aromatic N) is 1. The van der Waals surface area contributed by atoms with Crippen LogP contribution in [0, 0.1) is 0 Å². The SMILES string of the molecule is CC(Cl)C(=O)N=S1(=O)CCNCC1. The summed E-state index contributed by atoms with van der Waals surface area (Å²) in [7, 11) is -2.31. The fraction of sp³-hybridized carbons (Fsp3) is 0.857. The van der Waals surface area contributed by atoms with Crippen LogP contribution in [0.5, 0.6) is 0 Å². The number of amides is 1. The normalized spacial score (nSPS) is 23.5. The summed E-state index contributed by atoms with van der Waals surface area (Å²) in [6.07, 6.45) is 0. The zero-order chi connectivity index (χ0) is 9.90. The fourth-order valence-electron chi connectivity index (χ4n) is 1.02. The number of carbonyl (C=O) groups is 1. The first-order chi connectivity index (χ1) is 6.03. The van der Waals surface area contributed by atoms with Crippen molar-refractivity contribution in [2.45, 2.75) is 12.3 Å². The highest BCUT2D eigenvalue weighted by Crippen LogP contribution is 2.04. The van der Waals surface area contributed by atoms with E-state index in [2.05, 4.69) is 9.68 Å². The topological polar surface area (TPSA) is 58.5 Å². The third-order valence-corrected chi connectivity index (χ3v) is 4.18. The molecule has 1 atom stereocenters. The number of hydrogen-bond acceptors (Lipinski definition) is 3. The average molecular weight is 225 g/mol. The van der Waals surface area contributed by atoms with Crippen LogP contribution >= 0.6 is 11.6 Å². The van der Waals surface area contributed by atoms with Crippen molar-refractivity contribution in [3.05, 3.63) is 0 Å². The molecule has 0 saturated carbocycles. The van der Waals surface area contributed by atoms with E-state index in [4.69, 9.17) is 11.6 Å². The van der Waals surface area contributed by atoms with Crippen LogP contribution in [0.4, 0.5) is 0 Å². The molecule has 13 heavy (non-hydrogen) atoms. The molecule has 0 bridgehead atoms. The predicted molar refractivity (Wildman–Crippen MR) is 53.5 cm³/mol. The Bertz CT molecular complexity index is 296. The molecule has 1 fully saturated rings. The summed E-state index contributed by atoms with van der Waals surface area (Å²) in [6, 6.07) is 0. The molecule has 1 rings (SSSR count). The lowest BCUT2D eigenvalue weighted by Crippen LogP contribution is -2.36. The zero-order valence-electron chi connectivity index (χ0n) is 7.46. The molecule has 1 unspecified atom stereocenters. The molecule has 1 heterocycles. The van der Waals surface area contributed by atoms with Gasteiger partial charge in [0.1, 0.15) is 5.38 Å². The minimum absolute atomic E-state index is 0.447. The van der Waals surface area contributed by atoms with E-state index >= 15 is 0 Å². The van der Waals surface area contributed by atoms with Crippen molar-refractivity contribution >= 4 is 27.2 Å². The van der Waals surface area contributed by atoms with E-state index in [1.165, 1.54) is 6.92 Å². The highest BCUT2D eigenvalue weighted by molar-refractivity contribution is 7.94. The smallest absolute Gasteiger partial charge is 0.271 e. The Hall–Kier alpha value is -0.130. The summed E-state index contributed by atoms with van der Waals surface area (Å²) >= 11 is 5.52. The van der Waals surface area contributed by atoms with Gasteiger partial charge in [-0.1, -0.05) is 0 Å². The third kappa shape index (κ3) is 3.25. The molecule has 0 aromatic carbocycles. The van der Waals surface area contributed by atoms with Crippen LogP contribution in [-0.4, -0.2) is 40.1 Å². The van der Waals surface area contributed by atoms with Crippen LogP contribution in [0.25, 0.3) is 0 Å². The van der Waals surface area contributed by atoms with Gasteiger partial charge in [-0.2, -0.15) is 4.36 Å². The van der Waals surface area contributed by atoms with E-state index in [1.807, 2.05) is 0 Å². The van der Waals surface area contributed by atoms with Gasteiger partial charge < -0.3 is 5.32 Å². The fourth-order valence-corrected chi connectivity index (χ4v) is 2.92. The molecule has 0 aromatic rings. The van der Waals surface area contributed by atoms with E-state index in [1.54, 1.807) is 0 Å². The molecule has 0 aliphatic carbocycles. The van der Waals surface area contributed by atoms with Crippen molar-refractivity contribution in [3.8, 4) is 0 Å². The molecule has 1 aliphatic rings. The summed E-state index contributed by atoms with van der Waals surface area (Å²) in [6.45, 7) is 2.86. The molecule has 4 nitrogen and oxygen atoms in total. The van der Waals surface area contributed by atoms with Gasteiger partial charge in [-0.15, -0.1) is 11.6 Å². The molecule has 1 aliphatic heterocycles. The Balaban J connectivity index is 2.78. The third-order valence-electron chi connectivity index (χ3n) is 1.79. The maximum absolute atomic E-state index is 11.8. The van der Waals surface area contributed by atoms with Crippen molar-refractivity contribution in [2.24, 2.45) is 4.36 Å². The first-order valence-electron chi connectivity index (χ1n) is 4.15. The molecular formula is C7H13ClN2O2S. The quantitative estimate of drug-likeness (QED) is 0.648. The molecule has 1 N–H and O–H groups in total. The van der Waals surface area contributed by atoms with E-state index in [0.717, 1.165) is 0 Å². The molecule has 0 aromatic heterocycles. The molecular weight excluding hydrogens is 212 g/mol. The van der Waals surface area contributed by atoms with E-state index in [-0.39, 0.29) is 0 Å². The lowest BCUT2D eigenvalue weighted by atomic mass is 10.5. The van der Waals surface area contributed by atoms with Crippen LogP contribution in [0.1, 0.15) is 6.92 Å². The summed E-state index contributed by atoms with van der Waals surface area (Å²) in [5.41, 5.74) is 0. The van der Waals surface area contributed by atoms with Crippen molar-refractivity contribution in [3.63, 3.8) is 0 Å². The Morgan fingerprint density at radius 3 is 2.54 bits per heavy atom. The van der Waals surface area contributed by atoms with Crippen LogP contribution in [0.2, 0.25) is 0 Å². The van der Waals surface area contributed by atoms with Crippen molar-refractivity contribution in [1.82, 2.24) is 5.32 Å². The largest absolute Gasteiger partial charge is 0.315 e. The molecule has 0 radical (unpaired) electrons. The molecule has 1 amide bonds. The maximum Gasteiger partial charge on any atom is 0.271 e. The zero-order valence-corrected chi connectivity index (χ0v) is 9.03. The van der Waals surface area contributed by atoms with Gasteiger partial charge in [0, 0.05) is 24.6 Å². The van der Waals surface area contributed by atoms with Gasteiger partial charge in [-0.3, -0.25) is 4.79 Å². The van der Waals surface area contributed by atoms with E-state index < -0.39 is 21.0 Å². The number of nitrogens with one attached hydrogen (secondary N) is 1. The summed E-state index contributed by atoms with van der Waals surface area (Å²) < 4.78 is 15.5. The second kappa shape index (κ2) is 4.39. The van der Waals surface area contributed by atoms with Gasteiger partial charge in [-0.25, -0.2) is 4.21 Å². The monoisotopic (exact) mass is 224 g/mol. The highest BCUT2D eigenvalue weighted by Gasteiger charge is 2.17. The number of hydrogen-bond donors (Lipinski definition) is 1. The van der Waals surface area contributed by atoms with Gasteiger partial charge in [0.2, 0.25) is 0 Å². The minimum Gasteiger partial charge on any atom is -0.315 e. The predicted octanol–water partition coefficient (Wildman–Crippen LogP) is 0.212. The maximum atomic E-state index is 11.8. The first kappa shape index (κ1) is 10.9. The molecule has 1 saturated heterocycles. The van der Waals surface area contributed by atoms with Crippen molar-refractivity contribution < 1.29 is 9.00 Å². The number of alkyl halides is 1. The second-order valence-corrected chi connectivity index (χ2v) is 6.18. The highest BCUT2D eigenvalue weighted by atomic mass is 35.5. The average Bonchev–Trinajstić information content (AvgIpc) is 2.04. The van der Waals surface area contributed by atoms with Crippen LogP contribution in [0.15, 0.2) is 4.36 Å².